The molecule has 0 saturated heterocycles. The number of nitrogens with one attached hydrogen (secondary N) is 2. The van der Waals surface area contributed by atoms with E-state index in [0.717, 1.165) is 17.0 Å². The highest BCUT2D eigenvalue weighted by Gasteiger charge is 2.07. The van der Waals surface area contributed by atoms with Crippen LogP contribution in [0.25, 0.3) is 5.65 Å². The van der Waals surface area contributed by atoms with Crippen LogP contribution < -0.4 is 10.6 Å². The molecule has 0 aliphatic heterocycles. The van der Waals surface area contributed by atoms with Crippen molar-refractivity contribution < 1.29 is 4.92 Å². The molecule has 9 nitrogen and oxygen atoms in total. The number of nitro groups is 1. The number of non-ortho nitro benzene ring substituents is 1. The summed E-state index contributed by atoms with van der Waals surface area (Å²) in [6.07, 6.45) is 1.90. The monoisotopic (exact) mass is 467 g/mol. The third-order valence-electron chi connectivity index (χ3n) is 3.63. The fourth-order valence-electron chi connectivity index (χ4n) is 2.32. The van der Waals surface area contributed by atoms with Crippen LogP contribution in [0.3, 0.4) is 0 Å². The fraction of sp³-hybridized carbons (Fsp3) is 0.188. The first kappa shape index (κ1) is 19.6. The summed E-state index contributed by atoms with van der Waals surface area (Å²) in [6.45, 7) is 0.962. The molecule has 0 amide bonds. The van der Waals surface area contributed by atoms with Crippen molar-refractivity contribution in [2.24, 2.45) is 4.99 Å². The maximum atomic E-state index is 10.7. The Morgan fingerprint density at radius 2 is 1.88 bits per heavy atom. The van der Waals surface area contributed by atoms with Gasteiger partial charge in [-0.05, 0) is 17.7 Å². The van der Waals surface area contributed by atoms with Crippen LogP contribution in [0.5, 0.6) is 0 Å². The Labute approximate surface area is 166 Å². The summed E-state index contributed by atoms with van der Waals surface area (Å²) < 4.78 is 1.90. The van der Waals surface area contributed by atoms with E-state index in [2.05, 4.69) is 25.8 Å². The van der Waals surface area contributed by atoms with E-state index in [0.29, 0.717) is 19.0 Å². The molecular formula is C16H18IN7O2. The number of guanidine groups is 1. The molecule has 3 rings (SSSR count). The summed E-state index contributed by atoms with van der Waals surface area (Å²) in [5.41, 5.74) is 1.78. The van der Waals surface area contributed by atoms with Crippen LogP contribution in [-0.2, 0) is 13.1 Å². The average molecular weight is 467 g/mol. The highest BCUT2D eigenvalue weighted by Crippen LogP contribution is 2.11. The van der Waals surface area contributed by atoms with Gasteiger partial charge in [0, 0.05) is 31.9 Å². The number of nitrogens with zero attached hydrogens (tertiary/aromatic N) is 5. The Morgan fingerprint density at radius 1 is 1.15 bits per heavy atom. The van der Waals surface area contributed by atoms with Gasteiger partial charge in [-0.2, -0.15) is 0 Å². The molecule has 0 unspecified atom stereocenters. The summed E-state index contributed by atoms with van der Waals surface area (Å²) in [5, 5.41) is 25.2. The second-order valence-electron chi connectivity index (χ2n) is 5.25. The predicted molar refractivity (Wildman–Crippen MR) is 109 cm³/mol. The van der Waals surface area contributed by atoms with E-state index in [9.17, 15) is 10.1 Å². The minimum atomic E-state index is -0.416. The van der Waals surface area contributed by atoms with Crippen molar-refractivity contribution in [3.05, 3.63) is 70.2 Å². The van der Waals surface area contributed by atoms with Crippen LogP contribution >= 0.6 is 24.0 Å². The van der Waals surface area contributed by atoms with Gasteiger partial charge in [-0.1, -0.05) is 18.2 Å². The third-order valence-corrected chi connectivity index (χ3v) is 3.63. The number of halogens is 1. The molecule has 0 aliphatic rings. The van der Waals surface area contributed by atoms with Gasteiger partial charge in [0.25, 0.3) is 5.69 Å². The number of aliphatic imine (C=N–C) groups is 1. The van der Waals surface area contributed by atoms with Gasteiger partial charge in [0.15, 0.2) is 17.4 Å². The number of benzene rings is 1. The molecule has 0 bridgehead atoms. The lowest BCUT2D eigenvalue weighted by atomic mass is 10.2. The quantitative estimate of drug-likeness (QED) is 0.196. The minimum absolute atomic E-state index is 0. The standard InChI is InChI=1S/C16H17N7O2.HI/c1-17-16(18-10-12-5-7-13(8-6-12)23(24)25)19-11-15-21-20-14-4-2-3-9-22(14)15;/h2-9H,10-11H2,1H3,(H2,17,18,19);1H. The minimum Gasteiger partial charge on any atom is -0.352 e. The van der Waals surface area contributed by atoms with Gasteiger partial charge in [0.2, 0.25) is 0 Å². The number of hydrogen-bond acceptors (Lipinski definition) is 5. The molecule has 26 heavy (non-hydrogen) atoms. The Bertz CT molecular complexity index is 908. The molecule has 0 spiro atoms. The lowest BCUT2D eigenvalue weighted by Crippen LogP contribution is -2.36. The van der Waals surface area contributed by atoms with Crippen LogP contribution in [0, 0.1) is 10.1 Å². The van der Waals surface area contributed by atoms with Crippen molar-refractivity contribution in [2.45, 2.75) is 13.1 Å². The predicted octanol–water partition coefficient (Wildman–Crippen LogP) is 2.12. The molecule has 2 N–H and O–H groups in total. The van der Waals surface area contributed by atoms with Gasteiger partial charge in [-0.3, -0.25) is 19.5 Å². The first-order valence-electron chi connectivity index (χ1n) is 7.64. The first-order chi connectivity index (χ1) is 12.2. The molecule has 136 valence electrons. The zero-order chi connectivity index (χ0) is 17.6. The van der Waals surface area contributed by atoms with Crippen LogP contribution in [0.15, 0.2) is 53.7 Å². The van der Waals surface area contributed by atoms with Crippen LogP contribution in [0.4, 0.5) is 5.69 Å². The molecule has 2 aromatic heterocycles. The molecule has 3 aromatic rings. The molecule has 2 heterocycles. The number of rotatable bonds is 5. The van der Waals surface area contributed by atoms with E-state index < -0.39 is 4.92 Å². The Balaban J connectivity index is 0.00000243. The van der Waals surface area contributed by atoms with E-state index in [4.69, 9.17) is 0 Å². The molecule has 1 aromatic carbocycles. The smallest absolute Gasteiger partial charge is 0.269 e. The summed E-state index contributed by atoms with van der Waals surface area (Å²) in [6, 6.07) is 12.1. The summed E-state index contributed by atoms with van der Waals surface area (Å²) in [4.78, 5) is 14.4. The second-order valence-corrected chi connectivity index (χ2v) is 5.25. The SMILES string of the molecule is CN=C(NCc1ccc([N+](=O)[O-])cc1)NCc1nnc2ccccn12.I. The number of fused-ring (bicyclic) bond motifs is 1. The maximum Gasteiger partial charge on any atom is 0.269 e. The number of hydrogen-bond donors (Lipinski definition) is 2. The van der Waals surface area contributed by atoms with Gasteiger partial charge in [-0.25, -0.2) is 0 Å². The highest BCUT2D eigenvalue weighted by atomic mass is 127. The second kappa shape index (κ2) is 9.08. The van der Waals surface area contributed by atoms with Crippen molar-refractivity contribution in [1.82, 2.24) is 25.2 Å². The van der Waals surface area contributed by atoms with Crippen LogP contribution in [-0.4, -0.2) is 32.5 Å². The third kappa shape index (κ3) is 4.65. The number of nitro benzene ring substituents is 1. The number of pyridine rings is 1. The van der Waals surface area contributed by atoms with Crippen molar-refractivity contribution in [3.63, 3.8) is 0 Å². The normalized spacial score (nSPS) is 11.0. The Morgan fingerprint density at radius 3 is 2.58 bits per heavy atom. The van der Waals surface area contributed by atoms with Crippen LogP contribution in [0.2, 0.25) is 0 Å². The number of aromatic nitrogens is 3. The summed E-state index contributed by atoms with van der Waals surface area (Å²) >= 11 is 0. The Kier molecular flexibility index (Phi) is 6.83. The van der Waals surface area contributed by atoms with Gasteiger partial charge >= 0.3 is 0 Å². The van der Waals surface area contributed by atoms with Gasteiger partial charge in [-0.15, -0.1) is 34.2 Å². The first-order valence-corrected chi connectivity index (χ1v) is 7.64. The lowest BCUT2D eigenvalue weighted by molar-refractivity contribution is -0.384. The lowest BCUT2D eigenvalue weighted by Gasteiger charge is -2.11. The van der Waals surface area contributed by atoms with E-state index in [1.807, 2.05) is 28.8 Å². The summed E-state index contributed by atoms with van der Waals surface area (Å²) in [5.74, 6) is 1.37. The van der Waals surface area contributed by atoms with Crippen molar-refractivity contribution in [1.29, 1.82) is 0 Å². The molecular weight excluding hydrogens is 449 g/mol. The zero-order valence-electron chi connectivity index (χ0n) is 14.0. The van der Waals surface area contributed by atoms with Crippen LogP contribution in [0.1, 0.15) is 11.4 Å². The zero-order valence-corrected chi connectivity index (χ0v) is 16.3. The van der Waals surface area contributed by atoms with Crippen molar-refractivity contribution >= 4 is 41.3 Å². The molecule has 10 heteroatoms. The maximum absolute atomic E-state index is 10.7. The summed E-state index contributed by atoms with van der Waals surface area (Å²) in [7, 11) is 1.67. The largest absolute Gasteiger partial charge is 0.352 e. The highest BCUT2D eigenvalue weighted by molar-refractivity contribution is 14.0. The van der Waals surface area contributed by atoms with Crippen molar-refractivity contribution in [2.75, 3.05) is 7.05 Å². The van der Waals surface area contributed by atoms with Crippen molar-refractivity contribution in [3.8, 4) is 0 Å². The van der Waals surface area contributed by atoms with E-state index in [-0.39, 0.29) is 29.7 Å². The molecule has 0 aliphatic carbocycles. The van der Waals surface area contributed by atoms with E-state index in [1.54, 1.807) is 19.2 Å². The molecule has 0 atom stereocenters. The van der Waals surface area contributed by atoms with E-state index in [1.165, 1.54) is 12.1 Å². The molecule has 0 fully saturated rings. The van der Waals surface area contributed by atoms with Gasteiger partial charge in [0.05, 0.1) is 11.5 Å². The van der Waals surface area contributed by atoms with E-state index >= 15 is 0 Å². The topological polar surface area (TPSA) is 110 Å². The van der Waals surface area contributed by atoms with Gasteiger partial charge < -0.3 is 10.6 Å². The fourth-order valence-corrected chi connectivity index (χ4v) is 2.32. The van der Waals surface area contributed by atoms with Gasteiger partial charge in [0.1, 0.15) is 0 Å². The average Bonchev–Trinajstić information content (AvgIpc) is 3.05. The molecule has 0 saturated carbocycles. The Hall–Kier alpha value is -2.76. The molecule has 0 radical (unpaired) electrons.